The lowest BCUT2D eigenvalue weighted by molar-refractivity contribution is -0.122. The van der Waals surface area contributed by atoms with Crippen molar-refractivity contribution in [1.29, 1.82) is 0 Å². The number of rotatable bonds is 4. The van der Waals surface area contributed by atoms with Crippen LogP contribution in [0.15, 0.2) is 30.5 Å². The van der Waals surface area contributed by atoms with Crippen LogP contribution in [-0.2, 0) is 11.8 Å². The SMILES string of the molecule is Cc1cc(Cl)ccc1O[C@H](C)C(=O)Nc1ccn(C)n1. The molecule has 0 fully saturated rings. The number of aryl methyl sites for hydroxylation is 2. The summed E-state index contributed by atoms with van der Waals surface area (Å²) in [5, 5.41) is 7.41. The van der Waals surface area contributed by atoms with Crippen LogP contribution in [0.1, 0.15) is 12.5 Å². The maximum atomic E-state index is 12.0. The van der Waals surface area contributed by atoms with Gasteiger partial charge >= 0.3 is 0 Å². The van der Waals surface area contributed by atoms with E-state index < -0.39 is 6.10 Å². The van der Waals surface area contributed by atoms with Crippen LogP contribution in [0.5, 0.6) is 5.75 Å². The van der Waals surface area contributed by atoms with E-state index in [2.05, 4.69) is 10.4 Å². The fourth-order valence-electron chi connectivity index (χ4n) is 1.70. The molecule has 1 aromatic heterocycles. The molecule has 0 unspecified atom stereocenters. The molecule has 1 N–H and O–H groups in total. The number of anilines is 1. The van der Waals surface area contributed by atoms with Gasteiger partial charge in [0.15, 0.2) is 11.9 Å². The number of halogens is 1. The van der Waals surface area contributed by atoms with Crippen LogP contribution in [0.25, 0.3) is 0 Å². The summed E-state index contributed by atoms with van der Waals surface area (Å²) in [5.74, 6) is 0.886. The van der Waals surface area contributed by atoms with Gasteiger partial charge < -0.3 is 10.1 Å². The van der Waals surface area contributed by atoms with Gasteiger partial charge in [0.05, 0.1) is 0 Å². The largest absolute Gasteiger partial charge is 0.481 e. The second-order valence-corrected chi connectivity index (χ2v) is 4.97. The van der Waals surface area contributed by atoms with Gasteiger partial charge in [-0.15, -0.1) is 0 Å². The van der Waals surface area contributed by atoms with Gasteiger partial charge in [-0.05, 0) is 37.6 Å². The zero-order valence-electron chi connectivity index (χ0n) is 11.6. The number of benzene rings is 1. The Bertz CT molecular complexity index is 625. The van der Waals surface area contributed by atoms with Crippen LogP contribution < -0.4 is 10.1 Å². The van der Waals surface area contributed by atoms with Crippen molar-refractivity contribution in [3.05, 3.63) is 41.0 Å². The highest BCUT2D eigenvalue weighted by molar-refractivity contribution is 6.30. The topological polar surface area (TPSA) is 56.1 Å². The minimum absolute atomic E-state index is 0.252. The molecule has 106 valence electrons. The molecule has 1 aromatic carbocycles. The summed E-state index contributed by atoms with van der Waals surface area (Å²) in [5.41, 5.74) is 0.884. The van der Waals surface area contributed by atoms with Crippen LogP contribution >= 0.6 is 11.6 Å². The molecule has 0 radical (unpaired) electrons. The van der Waals surface area contributed by atoms with Crippen molar-refractivity contribution in [1.82, 2.24) is 9.78 Å². The summed E-state index contributed by atoms with van der Waals surface area (Å²) in [7, 11) is 1.78. The molecule has 0 bridgehead atoms. The highest BCUT2D eigenvalue weighted by atomic mass is 35.5. The third-order valence-corrected chi connectivity index (χ3v) is 3.01. The average Bonchev–Trinajstić information content (AvgIpc) is 2.78. The fourth-order valence-corrected chi connectivity index (χ4v) is 1.93. The number of nitrogens with one attached hydrogen (secondary N) is 1. The van der Waals surface area contributed by atoms with Gasteiger partial charge in [0.25, 0.3) is 5.91 Å². The van der Waals surface area contributed by atoms with Gasteiger partial charge in [-0.3, -0.25) is 9.48 Å². The van der Waals surface area contributed by atoms with Gasteiger partial charge in [-0.25, -0.2) is 0 Å². The number of aromatic nitrogens is 2. The van der Waals surface area contributed by atoms with Crippen molar-refractivity contribution >= 4 is 23.3 Å². The van der Waals surface area contributed by atoms with E-state index in [0.717, 1.165) is 5.56 Å². The Morgan fingerprint density at radius 1 is 1.45 bits per heavy atom. The molecule has 1 atom stereocenters. The number of amides is 1. The van der Waals surface area contributed by atoms with Gasteiger partial charge in [0.2, 0.25) is 0 Å². The van der Waals surface area contributed by atoms with Gasteiger partial charge in [-0.1, -0.05) is 11.6 Å². The molecule has 0 saturated heterocycles. The number of ether oxygens (including phenoxy) is 1. The van der Waals surface area contributed by atoms with Crippen molar-refractivity contribution in [3.8, 4) is 5.75 Å². The zero-order valence-corrected chi connectivity index (χ0v) is 12.3. The standard InChI is InChI=1S/C14H16ClN3O2/c1-9-8-11(15)4-5-12(9)20-10(2)14(19)16-13-6-7-18(3)17-13/h4-8,10H,1-3H3,(H,16,17,19)/t10-/m1/s1. The Morgan fingerprint density at radius 2 is 2.20 bits per heavy atom. The maximum Gasteiger partial charge on any atom is 0.266 e. The summed E-state index contributed by atoms with van der Waals surface area (Å²) in [4.78, 5) is 12.0. The first-order valence-electron chi connectivity index (χ1n) is 6.19. The molecule has 0 aliphatic rings. The third-order valence-electron chi connectivity index (χ3n) is 2.77. The van der Waals surface area contributed by atoms with E-state index in [-0.39, 0.29) is 5.91 Å². The highest BCUT2D eigenvalue weighted by Gasteiger charge is 2.16. The minimum Gasteiger partial charge on any atom is -0.481 e. The molecule has 5 nitrogen and oxygen atoms in total. The van der Waals surface area contributed by atoms with Crippen molar-refractivity contribution in [2.24, 2.45) is 7.05 Å². The van der Waals surface area contributed by atoms with Crippen molar-refractivity contribution in [3.63, 3.8) is 0 Å². The first kappa shape index (κ1) is 14.4. The first-order valence-corrected chi connectivity index (χ1v) is 6.57. The van der Waals surface area contributed by atoms with E-state index in [0.29, 0.717) is 16.6 Å². The molecular formula is C14H16ClN3O2. The molecule has 2 rings (SSSR count). The number of nitrogens with zero attached hydrogens (tertiary/aromatic N) is 2. The van der Waals surface area contributed by atoms with E-state index in [4.69, 9.17) is 16.3 Å². The second-order valence-electron chi connectivity index (χ2n) is 4.53. The lowest BCUT2D eigenvalue weighted by Crippen LogP contribution is -2.30. The van der Waals surface area contributed by atoms with Gasteiger partial charge in [0.1, 0.15) is 5.75 Å². The maximum absolute atomic E-state index is 12.0. The monoisotopic (exact) mass is 293 g/mol. The molecule has 0 spiro atoms. The van der Waals surface area contributed by atoms with Crippen molar-refractivity contribution in [2.45, 2.75) is 20.0 Å². The molecule has 2 aromatic rings. The Morgan fingerprint density at radius 3 is 2.80 bits per heavy atom. The number of carbonyl (C=O) groups excluding carboxylic acids is 1. The van der Waals surface area contributed by atoms with E-state index in [1.807, 2.05) is 6.92 Å². The summed E-state index contributed by atoms with van der Waals surface area (Å²) >= 11 is 5.88. The van der Waals surface area contributed by atoms with Crippen molar-refractivity contribution < 1.29 is 9.53 Å². The predicted molar refractivity (Wildman–Crippen MR) is 78.1 cm³/mol. The smallest absolute Gasteiger partial charge is 0.266 e. The molecule has 1 heterocycles. The summed E-state index contributed by atoms with van der Waals surface area (Å²) in [6.45, 7) is 3.57. The van der Waals surface area contributed by atoms with Crippen molar-refractivity contribution in [2.75, 3.05) is 5.32 Å². The Labute approximate surface area is 122 Å². The molecule has 20 heavy (non-hydrogen) atoms. The number of hydrogen-bond acceptors (Lipinski definition) is 3. The molecule has 0 saturated carbocycles. The van der Waals surface area contributed by atoms with E-state index in [1.54, 1.807) is 49.1 Å². The number of hydrogen-bond donors (Lipinski definition) is 1. The fraction of sp³-hybridized carbons (Fsp3) is 0.286. The molecule has 0 aliphatic carbocycles. The van der Waals surface area contributed by atoms with Crippen LogP contribution in [0, 0.1) is 6.92 Å². The first-order chi connectivity index (χ1) is 9.45. The van der Waals surface area contributed by atoms with E-state index in [1.165, 1.54) is 0 Å². The second kappa shape index (κ2) is 5.96. The van der Waals surface area contributed by atoms with Gasteiger partial charge in [0, 0.05) is 24.3 Å². The minimum atomic E-state index is -0.628. The molecule has 6 heteroatoms. The summed E-state index contributed by atoms with van der Waals surface area (Å²) in [6, 6.07) is 6.99. The zero-order chi connectivity index (χ0) is 14.7. The van der Waals surface area contributed by atoms with Crippen LogP contribution in [0.3, 0.4) is 0 Å². The highest BCUT2D eigenvalue weighted by Crippen LogP contribution is 2.23. The van der Waals surface area contributed by atoms with Crippen LogP contribution in [-0.4, -0.2) is 21.8 Å². The Balaban J connectivity index is 2.00. The number of carbonyl (C=O) groups is 1. The lowest BCUT2D eigenvalue weighted by atomic mass is 10.2. The van der Waals surface area contributed by atoms with Gasteiger partial charge in [-0.2, -0.15) is 5.10 Å². The van der Waals surface area contributed by atoms with E-state index in [9.17, 15) is 4.79 Å². The molecular weight excluding hydrogens is 278 g/mol. The normalized spacial score (nSPS) is 12.0. The predicted octanol–water partition coefficient (Wildman–Crippen LogP) is 2.79. The lowest BCUT2D eigenvalue weighted by Gasteiger charge is -2.15. The quantitative estimate of drug-likeness (QED) is 0.943. The third kappa shape index (κ3) is 3.51. The van der Waals surface area contributed by atoms with Crippen LogP contribution in [0.4, 0.5) is 5.82 Å². The average molecular weight is 294 g/mol. The molecule has 0 aliphatic heterocycles. The summed E-state index contributed by atoms with van der Waals surface area (Å²) in [6.07, 6.45) is 1.13. The van der Waals surface area contributed by atoms with E-state index >= 15 is 0 Å². The molecule has 1 amide bonds. The summed E-state index contributed by atoms with van der Waals surface area (Å²) < 4.78 is 7.25. The van der Waals surface area contributed by atoms with Crippen LogP contribution in [0.2, 0.25) is 5.02 Å². The Hall–Kier alpha value is -2.01. The Kier molecular flexibility index (Phi) is 4.29.